The summed E-state index contributed by atoms with van der Waals surface area (Å²) in [6.45, 7) is 0. The fourth-order valence-corrected chi connectivity index (χ4v) is 8.04. The molecule has 2 aliphatic heterocycles. The summed E-state index contributed by atoms with van der Waals surface area (Å²) in [5.74, 6) is 0. The van der Waals surface area contributed by atoms with E-state index < -0.39 is 0 Å². The van der Waals surface area contributed by atoms with E-state index in [1.165, 1.54) is 0 Å². The number of aromatic amines is 2. The lowest BCUT2D eigenvalue weighted by molar-refractivity contribution is 1.31. The number of H-pyrrole nitrogens is 2. The van der Waals surface area contributed by atoms with Gasteiger partial charge in [-0.15, -0.1) is 0 Å². The van der Waals surface area contributed by atoms with E-state index in [1.807, 2.05) is 0 Å². The van der Waals surface area contributed by atoms with Gasteiger partial charge in [0.05, 0.1) is 28.3 Å². The third-order valence-electron chi connectivity index (χ3n) is 10.3. The quantitative estimate of drug-likeness (QED) is 0.183. The number of nitrogens with zero attached hydrogens (tertiary/aromatic N) is 2. The standard InChI is InChI=1S/C50H33BrN4/c51-37-23-21-32(22-24-37)38-31-45-48(35-17-9-3-10-18-35)43-28-27-41(53-43)46(33-13-5-1-6-14-33)39-25-26-40(52-39)47(34-15-7-2-8-16-34)42-29-30-44(54-42)49(50(38)55-45)36-19-11-4-12-20-36/h1-31,52,55H. The summed E-state index contributed by atoms with van der Waals surface area (Å²) in [7, 11) is 0. The second-order valence-electron chi connectivity index (χ2n) is 13.7. The number of hydrogen-bond donors (Lipinski definition) is 2. The third kappa shape index (κ3) is 6.05. The van der Waals surface area contributed by atoms with Crippen LogP contribution in [0.25, 0.3) is 102 Å². The van der Waals surface area contributed by atoms with Crippen molar-refractivity contribution in [2.75, 3.05) is 0 Å². The van der Waals surface area contributed by atoms with Gasteiger partial charge >= 0.3 is 0 Å². The molecular formula is C50H33BrN4. The lowest BCUT2D eigenvalue weighted by atomic mass is 9.98. The predicted octanol–water partition coefficient (Wildman–Crippen LogP) is 13.8. The van der Waals surface area contributed by atoms with Gasteiger partial charge in [-0.25, -0.2) is 9.97 Å². The van der Waals surface area contributed by atoms with E-state index in [4.69, 9.17) is 9.97 Å². The highest BCUT2D eigenvalue weighted by Crippen LogP contribution is 2.41. The minimum Gasteiger partial charge on any atom is -0.354 e. The van der Waals surface area contributed by atoms with Crippen LogP contribution in [0.15, 0.2) is 168 Å². The Labute approximate surface area is 327 Å². The minimum absolute atomic E-state index is 0.881. The lowest BCUT2D eigenvalue weighted by Crippen LogP contribution is -1.90. The molecule has 2 aliphatic rings. The van der Waals surface area contributed by atoms with Crippen molar-refractivity contribution in [3.8, 4) is 55.6 Å². The molecule has 5 heteroatoms. The Hall–Kier alpha value is -6.82. The molecule has 3 aromatic heterocycles. The normalized spacial score (nSPS) is 11.9. The molecule has 8 bridgehead atoms. The van der Waals surface area contributed by atoms with Gasteiger partial charge in [-0.1, -0.05) is 149 Å². The zero-order valence-electron chi connectivity index (χ0n) is 29.7. The van der Waals surface area contributed by atoms with Crippen molar-refractivity contribution in [1.29, 1.82) is 0 Å². The average Bonchev–Trinajstić information content (AvgIpc) is 4.07. The van der Waals surface area contributed by atoms with Crippen molar-refractivity contribution in [2.24, 2.45) is 0 Å². The summed E-state index contributed by atoms with van der Waals surface area (Å²) < 4.78 is 1.03. The molecule has 0 atom stereocenters. The van der Waals surface area contributed by atoms with E-state index in [1.54, 1.807) is 0 Å². The second-order valence-corrected chi connectivity index (χ2v) is 14.6. The number of hydrogen-bond acceptors (Lipinski definition) is 2. The van der Waals surface area contributed by atoms with Crippen LogP contribution in [0, 0.1) is 0 Å². The van der Waals surface area contributed by atoms with E-state index in [0.29, 0.717) is 0 Å². The highest BCUT2D eigenvalue weighted by molar-refractivity contribution is 9.10. The number of halogens is 1. The number of rotatable bonds is 5. The average molecular weight is 770 g/mol. The Morgan fingerprint density at radius 3 is 1.16 bits per heavy atom. The summed E-state index contributed by atoms with van der Waals surface area (Å²) in [6.07, 6.45) is 8.60. The largest absolute Gasteiger partial charge is 0.354 e. The lowest BCUT2D eigenvalue weighted by Gasteiger charge is -2.08. The molecule has 0 fully saturated rings. The first-order valence-electron chi connectivity index (χ1n) is 18.4. The number of benzene rings is 5. The second kappa shape index (κ2) is 13.9. The summed E-state index contributed by atoms with van der Waals surface area (Å²) in [5, 5.41) is 0. The maximum Gasteiger partial charge on any atom is 0.0737 e. The van der Waals surface area contributed by atoms with Gasteiger partial charge < -0.3 is 9.97 Å². The van der Waals surface area contributed by atoms with Gasteiger partial charge in [0.2, 0.25) is 0 Å². The first-order chi connectivity index (χ1) is 27.2. The fraction of sp³-hybridized carbons (Fsp3) is 0. The zero-order valence-corrected chi connectivity index (χ0v) is 31.3. The van der Waals surface area contributed by atoms with Gasteiger partial charge in [0, 0.05) is 48.8 Å². The van der Waals surface area contributed by atoms with Crippen LogP contribution < -0.4 is 0 Å². The SMILES string of the molecule is Brc1ccc(-c2cc3[nH]c2c(-c2ccccc2)c2nc(c(-c4ccccc4)c4ccc([nH]4)c(-c4ccccc4)c4nc(c3-c3ccccc3)C=C4)C=C2)cc1. The first kappa shape index (κ1) is 32.8. The topological polar surface area (TPSA) is 57.4 Å². The van der Waals surface area contributed by atoms with Crippen molar-refractivity contribution in [1.82, 2.24) is 19.9 Å². The number of nitrogens with one attached hydrogen (secondary N) is 2. The van der Waals surface area contributed by atoms with Gasteiger partial charge in [0.15, 0.2) is 0 Å². The van der Waals surface area contributed by atoms with Crippen molar-refractivity contribution < 1.29 is 0 Å². The molecule has 0 spiro atoms. The van der Waals surface area contributed by atoms with Crippen LogP contribution in [0.5, 0.6) is 0 Å². The molecule has 0 amide bonds. The Kier molecular flexibility index (Phi) is 8.27. The van der Waals surface area contributed by atoms with E-state index in [2.05, 4.69) is 214 Å². The van der Waals surface area contributed by atoms with Crippen molar-refractivity contribution >= 4 is 62.3 Å². The molecular weight excluding hydrogens is 736 g/mol. The van der Waals surface area contributed by atoms with Crippen LogP contribution in [0.1, 0.15) is 22.8 Å². The molecule has 260 valence electrons. The summed E-state index contributed by atoms with van der Waals surface area (Å²) in [4.78, 5) is 18.8. The van der Waals surface area contributed by atoms with Crippen LogP contribution in [0.2, 0.25) is 0 Å². The van der Waals surface area contributed by atoms with E-state index in [0.717, 1.165) is 105 Å². The molecule has 0 aliphatic carbocycles. The van der Waals surface area contributed by atoms with Crippen molar-refractivity contribution in [3.05, 3.63) is 191 Å². The molecule has 10 rings (SSSR count). The van der Waals surface area contributed by atoms with Gasteiger partial charge in [-0.05, 0) is 82.5 Å². The molecule has 0 saturated heterocycles. The van der Waals surface area contributed by atoms with Crippen LogP contribution in [0.3, 0.4) is 0 Å². The highest BCUT2D eigenvalue weighted by Gasteiger charge is 2.21. The Balaban J connectivity index is 1.45. The smallest absolute Gasteiger partial charge is 0.0737 e. The van der Waals surface area contributed by atoms with Crippen LogP contribution in [-0.2, 0) is 0 Å². The summed E-state index contributed by atoms with van der Waals surface area (Å²) in [5.41, 5.74) is 18.0. The van der Waals surface area contributed by atoms with Crippen LogP contribution >= 0.6 is 15.9 Å². The summed E-state index contributed by atoms with van der Waals surface area (Å²) in [6, 6.07) is 57.3. The molecule has 0 radical (unpaired) electrons. The van der Waals surface area contributed by atoms with Crippen molar-refractivity contribution in [2.45, 2.75) is 0 Å². The van der Waals surface area contributed by atoms with Gasteiger partial charge in [-0.2, -0.15) is 0 Å². The van der Waals surface area contributed by atoms with E-state index in [-0.39, 0.29) is 0 Å². The summed E-state index contributed by atoms with van der Waals surface area (Å²) >= 11 is 3.67. The van der Waals surface area contributed by atoms with Crippen LogP contribution in [0.4, 0.5) is 0 Å². The fourth-order valence-electron chi connectivity index (χ4n) is 7.78. The molecule has 5 aromatic carbocycles. The van der Waals surface area contributed by atoms with Crippen LogP contribution in [-0.4, -0.2) is 19.9 Å². The predicted molar refractivity (Wildman–Crippen MR) is 234 cm³/mol. The molecule has 2 N–H and O–H groups in total. The Bertz CT molecular complexity index is 2940. The Morgan fingerprint density at radius 2 is 0.727 bits per heavy atom. The highest BCUT2D eigenvalue weighted by atomic mass is 79.9. The first-order valence-corrected chi connectivity index (χ1v) is 19.1. The monoisotopic (exact) mass is 768 g/mol. The van der Waals surface area contributed by atoms with E-state index >= 15 is 0 Å². The van der Waals surface area contributed by atoms with Gasteiger partial charge in [0.25, 0.3) is 0 Å². The number of aromatic nitrogens is 4. The third-order valence-corrected chi connectivity index (χ3v) is 10.8. The minimum atomic E-state index is 0.881. The molecule has 55 heavy (non-hydrogen) atoms. The molecule has 5 heterocycles. The van der Waals surface area contributed by atoms with Gasteiger partial charge in [0.1, 0.15) is 0 Å². The zero-order chi connectivity index (χ0) is 36.7. The van der Waals surface area contributed by atoms with E-state index in [9.17, 15) is 0 Å². The van der Waals surface area contributed by atoms with Gasteiger partial charge in [-0.3, -0.25) is 0 Å². The van der Waals surface area contributed by atoms with Crippen molar-refractivity contribution in [3.63, 3.8) is 0 Å². The Morgan fingerprint density at radius 1 is 0.345 bits per heavy atom. The molecule has 4 nitrogen and oxygen atoms in total. The number of fused-ring (bicyclic) bond motifs is 8. The molecule has 0 saturated carbocycles. The maximum atomic E-state index is 5.49. The maximum absolute atomic E-state index is 5.49. The molecule has 0 unspecified atom stereocenters. The molecule has 8 aromatic rings.